The Kier molecular flexibility index (Phi) is 7.26. The van der Waals surface area contributed by atoms with Crippen molar-refractivity contribution in [1.29, 1.82) is 0 Å². The average molecular weight is 554 g/mol. The van der Waals surface area contributed by atoms with Gasteiger partial charge >= 0.3 is 12.1 Å². The number of likely N-dealkylation sites (N-methyl/N-ethyl adjacent to an activating group) is 1. The van der Waals surface area contributed by atoms with Crippen LogP contribution in [0.1, 0.15) is 41.9 Å². The molecule has 1 saturated carbocycles. The molecule has 1 unspecified atom stereocenters. The van der Waals surface area contributed by atoms with Crippen LogP contribution in [-0.2, 0) is 20.9 Å². The topological polar surface area (TPSA) is 99.2 Å². The minimum Gasteiger partial charge on any atom is -0.479 e. The third-order valence-electron chi connectivity index (χ3n) is 8.85. The van der Waals surface area contributed by atoms with Crippen molar-refractivity contribution < 1.29 is 24.2 Å². The second kappa shape index (κ2) is 11.0. The summed E-state index contributed by atoms with van der Waals surface area (Å²) in [6.07, 6.45) is 1.33. The van der Waals surface area contributed by atoms with Crippen LogP contribution in [0.4, 0.5) is 4.79 Å². The van der Waals surface area contributed by atoms with Crippen molar-refractivity contribution in [2.24, 2.45) is 5.92 Å². The van der Waals surface area contributed by atoms with Crippen molar-refractivity contribution in [2.75, 3.05) is 26.7 Å². The fourth-order valence-electron chi connectivity index (χ4n) is 6.79. The first-order valence-corrected chi connectivity index (χ1v) is 14.3. The van der Waals surface area contributed by atoms with E-state index in [1.807, 2.05) is 66.5 Å². The summed E-state index contributed by atoms with van der Waals surface area (Å²) in [6.45, 7) is 1.29. The van der Waals surface area contributed by atoms with E-state index in [1.165, 1.54) is 4.90 Å². The van der Waals surface area contributed by atoms with Gasteiger partial charge in [0.05, 0.1) is 0 Å². The summed E-state index contributed by atoms with van der Waals surface area (Å²) in [5, 5.41) is 12.9. The zero-order chi connectivity index (χ0) is 28.6. The summed E-state index contributed by atoms with van der Waals surface area (Å²) in [4.78, 5) is 42.9. The highest BCUT2D eigenvalue weighted by molar-refractivity contribution is 5.94. The molecule has 1 aliphatic heterocycles. The van der Waals surface area contributed by atoms with Crippen LogP contribution in [0.15, 0.2) is 78.9 Å². The molecule has 3 aliphatic rings. The fraction of sp³-hybridized carbons (Fsp3) is 0.364. The number of alkyl carbamates (subject to hydrolysis) is 1. The van der Waals surface area contributed by atoms with Crippen LogP contribution in [0.3, 0.4) is 0 Å². The number of fused-ring (bicyclic) bond motifs is 4. The third-order valence-corrected chi connectivity index (χ3v) is 8.85. The number of carboxylic acids is 1. The molecule has 2 amide bonds. The van der Waals surface area contributed by atoms with E-state index >= 15 is 0 Å². The van der Waals surface area contributed by atoms with E-state index in [0.717, 1.165) is 40.7 Å². The molecule has 2 fully saturated rings. The lowest BCUT2D eigenvalue weighted by Crippen LogP contribution is -2.59. The molecule has 212 valence electrons. The maximum absolute atomic E-state index is 13.9. The first-order valence-electron chi connectivity index (χ1n) is 14.3. The lowest BCUT2D eigenvalue weighted by atomic mass is 9.98. The van der Waals surface area contributed by atoms with Crippen LogP contribution >= 0.6 is 0 Å². The lowest BCUT2D eigenvalue weighted by molar-refractivity contribution is -0.155. The molecule has 3 atom stereocenters. The number of carboxylic acid groups (broad SMARTS) is 1. The Hall–Kier alpha value is -4.17. The number of nitrogens with zero attached hydrogens (tertiary/aromatic N) is 2. The molecule has 8 heteroatoms. The van der Waals surface area contributed by atoms with E-state index in [-0.39, 0.29) is 30.9 Å². The van der Waals surface area contributed by atoms with E-state index in [0.29, 0.717) is 19.5 Å². The number of carbonyl (C=O) groups excluding carboxylic acids is 2. The van der Waals surface area contributed by atoms with Crippen molar-refractivity contribution >= 4 is 18.0 Å². The highest BCUT2D eigenvalue weighted by Gasteiger charge is 2.67. The predicted molar refractivity (Wildman–Crippen MR) is 154 cm³/mol. The van der Waals surface area contributed by atoms with Gasteiger partial charge in [-0.25, -0.2) is 9.59 Å². The summed E-state index contributed by atoms with van der Waals surface area (Å²) in [5.74, 6) is -1.47. The van der Waals surface area contributed by atoms with E-state index in [1.54, 1.807) is 0 Å². The SMILES string of the molecule is CN(Cc1ccccc1)CC(NC(=O)OCC1c2ccccc2-c2ccccc21)C(=O)N1CCC[C@@H]2C[C@@]21C(=O)O. The van der Waals surface area contributed by atoms with Gasteiger partial charge in [-0.3, -0.25) is 9.69 Å². The largest absolute Gasteiger partial charge is 0.479 e. The number of ether oxygens (including phenoxy) is 1. The van der Waals surface area contributed by atoms with Gasteiger partial charge < -0.3 is 20.1 Å². The number of piperidine rings is 1. The van der Waals surface area contributed by atoms with Gasteiger partial charge in [0.25, 0.3) is 0 Å². The number of carbonyl (C=O) groups is 3. The summed E-state index contributed by atoms with van der Waals surface area (Å²) >= 11 is 0. The molecular weight excluding hydrogens is 518 g/mol. The molecule has 2 aliphatic carbocycles. The minimum absolute atomic E-state index is 0.0325. The smallest absolute Gasteiger partial charge is 0.407 e. The molecule has 0 bridgehead atoms. The van der Waals surface area contributed by atoms with Gasteiger partial charge in [-0.2, -0.15) is 0 Å². The van der Waals surface area contributed by atoms with Gasteiger partial charge in [-0.1, -0.05) is 78.9 Å². The number of nitrogens with one attached hydrogen (secondary N) is 1. The van der Waals surface area contributed by atoms with Gasteiger partial charge in [-0.05, 0) is 60.0 Å². The quantitative estimate of drug-likeness (QED) is 0.405. The molecule has 1 heterocycles. The molecule has 41 heavy (non-hydrogen) atoms. The Morgan fingerprint density at radius 3 is 2.29 bits per heavy atom. The fourth-order valence-corrected chi connectivity index (χ4v) is 6.79. The molecule has 3 aromatic carbocycles. The van der Waals surface area contributed by atoms with Crippen molar-refractivity contribution in [2.45, 2.75) is 43.3 Å². The van der Waals surface area contributed by atoms with Gasteiger partial charge in [0.1, 0.15) is 18.2 Å². The van der Waals surface area contributed by atoms with Crippen molar-refractivity contribution in [3.05, 3.63) is 95.6 Å². The van der Waals surface area contributed by atoms with Crippen LogP contribution in [0.25, 0.3) is 11.1 Å². The number of rotatable bonds is 9. The average Bonchev–Trinajstić information content (AvgIpc) is 3.67. The molecule has 1 saturated heterocycles. The molecule has 0 radical (unpaired) electrons. The number of aliphatic carboxylic acids is 1. The van der Waals surface area contributed by atoms with Gasteiger partial charge in [0, 0.05) is 25.6 Å². The second-order valence-corrected chi connectivity index (χ2v) is 11.5. The number of likely N-dealkylation sites (tertiary alicyclic amines) is 1. The third kappa shape index (κ3) is 5.08. The summed E-state index contributed by atoms with van der Waals surface area (Å²) < 4.78 is 5.76. The van der Waals surface area contributed by atoms with Gasteiger partial charge in [0.15, 0.2) is 0 Å². The number of hydrogen-bond donors (Lipinski definition) is 2. The van der Waals surface area contributed by atoms with E-state index in [4.69, 9.17) is 4.74 Å². The maximum atomic E-state index is 13.9. The maximum Gasteiger partial charge on any atom is 0.407 e. The molecule has 3 aromatic rings. The Morgan fingerprint density at radius 1 is 1.00 bits per heavy atom. The van der Waals surface area contributed by atoms with Gasteiger partial charge in [-0.15, -0.1) is 0 Å². The molecule has 8 nitrogen and oxygen atoms in total. The van der Waals surface area contributed by atoms with Gasteiger partial charge in [0.2, 0.25) is 5.91 Å². The summed E-state index contributed by atoms with van der Waals surface area (Å²) in [7, 11) is 1.88. The van der Waals surface area contributed by atoms with Crippen LogP contribution in [0, 0.1) is 5.92 Å². The monoisotopic (exact) mass is 553 g/mol. The first kappa shape index (κ1) is 27.0. The summed E-state index contributed by atoms with van der Waals surface area (Å²) in [5.41, 5.74) is 4.39. The van der Waals surface area contributed by atoms with E-state index in [2.05, 4.69) is 29.6 Å². The predicted octanol–water partition coefficient (Wildman–Crippen LogP) is 4.49. The van der Waals surface area contributed by atoms with E-state index in [9.17, 15) is 19.5 Å². The van der Waals surface area contributed by atoms with Crippen LogP contribution in [0.5, 0.6) is 0 Å². The minimum atomic E-state index is -1.16. The molecule has 0 spiro atoms. The lowest BCUT2D eigenvalue weighted by Gasteiger charge is -2.37. The molecule has 6 rings (SSSR count). The highest BCUT2D eigenvalue weighted by Crippen LogP contribution is 2.54. The number of benzene rings is 3. The van der Waals surface area contributed by atoms with Crippen molar-refractivity contribution in [3.63, 3.8) is 0 Å². The van der Waals surface area contributed by atoms with Crippen LogP contribution in [0.2, 0.25) is 0 Å². The highest BCUT2D eigenvalue weighted by atomic mass is 16.5. The van der Waals surface area contributed by atoms with Crippen molar-refractivity contribution in [3.8, 4) is 11.1 Å². The second-order valence-electron chi connectivity index (χ2n) is 11.5. The summed E-state index contributed by atoms with van der Waals surface area (Å²) in [6, 6.07) is 25.2. The zero-order valence-corrected chi connectivity index (χ0v) is 23.2. The standard InChI is InChI=1S/C33H35N3O5/c1-35(19-22-10-3-2-4-11-22)20-29(30(37)36-17-9-12-23-18-33(23,36)31(38)39)34-32(40)41-21-28-26-15-7-5-13-24(26)25-14-6-8-16-27(25)28/h2-8,10-11,13-16,23,28-29H,9,12,17-21H2,1H3,(H,34,40)(H,38,39)/t23-,29?,33+/m1/s1. The Bertz CT molecular complexity index is 1410. The Morgan fingerprint density at radius 2 is 1.63 bits per heavy atom. The first-order chi connectivity index (χ1) is 19.9. The van der Waals surface area contributed by atoms with Crippen molar-refractivity contribution in [1.82, 2.24) is 15.1 Å². The molecular formula is C33H35N3O5. The molecule has 2 N–H and O–H groups in total. The molecule has 0 aromatic heterocycles. The van der Waals surface area contributed by atoms with Crippen LogP contribution < -0.4 is 5.32 Å². The number of hydrogen-bond acceptors (Lipinski definition) is 5. The normalized spacial score (nSPS) is 21.4. The Balaban J connectivity index is 1.18. The van der Waals surface area contributed by atoms with E-state index < -0.39 is 23.6 Å². The Labute approximate surface area is 239 Å². The van der Waals surface area contributed by atoms with Crippen LogP contribution in [-0.4, -0.2) is 71.2 Å². The number of amides is 2. The zero-order valence-electron chi connectivity index (χ0n) is 23.2.